The number of aryl methyl sites for hydroxylation is 2. The Kier molecular flexibility index (Phi) is 2.07. The fraction of sp³-hybridized carbons (Fsp3) is 0.444. The van der Waals surface area contributed by atoms with Gasteiger partial charge in [-0.3, -0.25) is 4.68 Å². The minimum absolute atomic E-state index is 0.632. The maximum Gasteiger partial charge on any atom is 0.224 e. The highest BCUT2D eigenvalue weighted by Gasteiger charge is 2.08. The summed E-state index contributed by atoms with van der Waals surface area (Å²) in [5, 5.41) is 8.22. The van der Waals surface area contributed by atoms with Crippen LogP contribution in [0.2, 0.25) is 0 Å². The molecule has 0 amide bonds. The summed E-state index contributed by atoms with van der Waals surface area (Å²) < 4.78 is 1.76. The zero-order valence-corrected chi connectivity index (χ0v) is 8.57. The number of rotatable bonds is 2. The first kappa shape index (κ1) is 8.93. The van der Waals surface area contributed by atoms with Gasteiger partial charge in [-0.2, -0.15) is 10.1 Å². The Morgan fingerprint density at radius 3 is 2.86 bits per heavy atom. The molecule has 2 rings (SSSR count). The fourth-order valence-electron chi connectivity index (χ4n) is 1.46. The Balaban J connectivity index is 2.72. The van der Waals surface area contributed by atoms with Crippen molar-refractivity contribution < 1.29 is 0 Å². The summed E-state index contributed by atoms with van der Waals surface area (Å²) in [6.45, 7) is 2.08. The average Bonchev–Trinajstić information content (AvgIpc) is 2.56. The van der Waals surface area contributed by atoms with Crippen molar-refractivity contribution in [1.82, 2.24) is 19.7 Å². The van der Waals surface area contributed by atoms with Crippen molar-refractivity contribution in [3.8, 4) is 0 Å². The van der Waals surface area contributed by atoms with E-state index in [1.54, 1.807) is 4.68 Å². The predicted octanol–water partition coefficient (Wildman–Crippen LogP) is 0.967. The van der Waals surface area contributed by atoms with Crippen molar-refractivity contribution in [3.63, 3.8) is 0 Å². The molecule has 0 spiro atoms. The Morgan fingerprint density at radius 1 is 1.43 bits per heavy atom. The lowest BCUT2D eigenvalue weighted by atomic mass is 10.2. The molecule has 2 heterocycles. The third-order valence-corrected chi connectivity index (χ3v) is 2.13. The van der Waals surface area contributed by atoms with Gasteiger partial charge in [-0.1, -0.05) is 6.92 Å². The maximum absolute atomic E-state index is 4.38. The molecule has 0 aliphatic rings. The average molecular weight is 191 g/mol. The van der Waals surface area contributed by atoms with Gasteiger partial charge < -0.3 is 5.32 Å². The van der Waals surface area contributed by atoms with E-state index < -0.39 is 0 Å². The van der Waals surface area contributed by atoms with E-state index in [1.807, 2.05) is 20.3 Å². The van der Waals surface area contributed by atoms with Crippen molar-refractivity contribution in [2.45, 2.75) is 13.3 Å². The second-order valence-electron chi connectivity index (χ2n) is 3.14. The van der Waals surface area contributed by atoms with Crippen LogP contribution >= 0.6 is 0 Å². The summed E-state index contributed by atoms with van der Waals surface area (Å²) >= 11 is 0. The molecule has 0 saturated heterocycles. The monoisotopic (exact) mass is 191 g/mol. The Hall–Kier alpha value is -1.65. The van der Waals surface area contributed by atoms with Crippen LogP contribution in [-0.4, -0.2) is 26.8 Å². The second-order valence-corrected chi connectivity index (χ2v) is 3.14. The SMILES string of the molecule is CCc1nc(NC)nc2nn(C)cc12. The lowest BCUT2D eigenvalue weighted by Crippen LogP contribution is -1.99. The van der Waals surface area contributed by atoms with Crippen molar-refractivity contribution in [2.24, 2.45) is 7.05 Å². The van der Waals surface area contributed by atoms with E-state index in [9.17, 15) is 0 Å². The Bertz CT molecular complexity index is 459. The number of nitrogens with zero attached hydrogens (tertiary/aromatic N) is 4. The van der Waals surface area contributed by atoms with Crippen molar-refractivity contribution >= 4 is 17.0 Å². The second kappa shape index (κ2) is 3.25. The van der Waals surface area contributed by atoms with Crippen LogP contribution in [-0.2, 0) is 13.5 Å². The molecule has 14 heavy (non-hydrogen) atoms. The molecule has 0 bridgehead atoms. The topological polar surface area (TPSA) is 55.6 Å². The molecular formula is C9H13N5. The number of hydrogen-bond donors (Lipinski definition) is 1. The largest absolute Gasteiger partial charge is 0.357 e. The molecule has 5 nitrogen and oxygen atoms in total. The normalized spacial score (nSPS) is 10.8. The lowest BCUT2D eigenvalue weighted by molar-refractivity contribution is 0.776. The van der Waals surface area contributed by atoms with E-state index in [0.717, 1.165) is 23.1 Å². The van der Waals surface area contributed by atoms with E-state index in [-0.39, 0.29) is 0 Å². The van der Waals surface area contributed by atoms with Crippen LogP contribution in [0.1, 0.15) is 12.6 Å². The van der Waals surface area contributed by atoms with E-state index in [1.165, 1.54) is 0 Å². The fourth-order valence-corrected chi connectivity index (χ4v) is 1.46. The first-order valence-electron chi connectivity index (χ1n) is 4.62. The molecule has 0 aromatic carbocycles. The van der Waals surface area contributed by atoms with Gasteiger partial charge in [0.25, 0.3) is 0 Å². The van der Waals surface area contributed by atoms with Gasteiger partial charge in [-0.05, 0) is 6.42 Å². The van der Waals surface area contributed by atoms with Crippen LogP contribution in [0.15, 0.2) is 6.20 Å². The molecule has 1 N–H and O–H groups in total. The van der Waals surface area contributed by atoms with E-state index >= 15 is 0 Å². The predicted molar refractivity (Wildman–Crippen MR) is 55.2 cm³/mol. The summed E-state index contributed by atoms with van der Waals surface area (Å²) in [7, 11) is 3.70. The molecule has 0 fully saturated rings. The Morgan fingerprint density at radius 2 is 2.21 bits per heavy atom. The summed E-state index contributed by atoms with van der Waals surface area (Å²) in [5.41, 5.74) is 1.79. The van der Waals surface area contributed by atoms with Gasteiger partial charge in [-0.25, -0.2) is 4.98 Å². The molecule has 5 heteroatoms. The molecule has 74 valence electrons. The third-order valence-electron chi connectivity index (χ3n) is 2.13. The number of anilines is 1. The van der Waals surface area contributed by atoms with Crippen LogP contribution in [0.4, 0.5) is 5.95 Å². The molecule has 0 unspecified atom stereocenters. The van der Waals surface area contributed by atoms with Crippen LogP contribution in [0, 0.1) is 0 Å². The van der Waals surface area contributed by atoms with Gasteiger partial charge in [0.2, 0.25) is 5.95 Å². The standard InChI is InChI=1S/C9H13N5/c1-4-7-6-5-14(3)13-8(6)12-9(10-2)11-7/h5H,4H2,1-3H3,(H,10,12,13). The van der Waals surface area contributed by atoms with Crippen molar-refractivity contribution in [1.29, 1.82) is 0 Å². The number of fused-ring (bicyclic) bond motifs is 1. The quantitative estimate of drug-likeness (QED) is 0.768. The number of aromatic nitrogens is 4. The molecule has 0 aliphatic carbocycles. The van der Waals surface area contributed by atoms with Gasteiger partial charge >= 0.3 is 0 Å². The van der Waals surface area contributed by atoms with Gasteiger partial charge in [0, 0.05) is 20.3 Å². The Labute approximate surface area is 82.2 Å². The van der Waals surface area contributed by atoms with Crippen LogP contribution < -0.4 is 5.32 Å². The van der Waals surface area contributed by atoms with E-state index in [0.29, 0.717) is 5.95 Å². The zero-order chi connectivity index (χ0) is 10.1. The molecule has 0 saturated carbocycles. The first-order valence-corrected chi connectivity index (χ1v) is 4.62. The van der Waals surface area contributed by atoms with E-state index in [2.05, 4.69) is 27.3 Å². The third kappa shape index (κ3) is 1.30. The molecule has 0 radical (unpaired) electrons. The number of nitrogens with one attached hydrogen (secondary N) is 1. The van der Waals surface area contributed by atoms with Gasteiger partial charge in [0.15, 0.2) is 5.65 Å². The highest BCUT2D eigenvalue weighted by molar-refractivity contribution is 5.77. The smallest absolute Gasteiger partial charge is 0.224 e. The van der Waals surface area contributed by atoms with Gasteiger partial charge in [-0.15, -0.1) is 0 Å². The molecule has 2 aromatic heterocycles. The van der Waals surface area contributed by atoms with Crippen LogP contribution in [0.3, 0.4) is 0 Å². The summed E-state index contributed by atoms with van der Waals surface area (Å²) in [6, 6.07) is 0. The van der Waals surface area contributed by atoms with Gasteiger partial charge in [0.1, 0.15) is 0 Å². The van der Waals surface area contributed by atoms with Crippen LogP contribution in [0.5, 0.6) is 0 Å². The summed E-state index contributed by atoms with van der Waals surface area (Å²) in [4.78, 5) is 8.64. The van der Waals surface area contributed by atoms with Crippen molar-refractivity contribution in [3.05, 3.63) is 11.9 Å². The molecular weight excluding hydrogens is 178 g/mol. The van der Waals surface area contributed by atoms with Crippen LogP contribution in [0.25, 0.3) is 11.0 Å². The molecule has 0 atom stereocenters. The minimum Gasteiger partial charge on any atom is -0.357 e. The summed E-state index contributed by atoms with van der Waals surface area (Å²) in [6.07, 6.45) is 2.84. The van der Waals surface area contributed by atoms with E-state index in [4.69, 9.17) is 0 Å². The first-order chi connectivity index (χ1) is 6.74. The van der Waals surface area contributed by atoms with Gasteiger partial charge in [0.05, 0.1) is 11.1 Å². The molecule has 0 aliphatic heterocycles. The molecule has 2 aromatic rings. The lowest BCUT2D eigenvalue weighted by Gasteiger charge is -2.01. The number of hydrogen-bond acceptors (Lipinski definition) is 4. The summed E-state index contributed by atoms with van der Waals surface area (Å²) in [5.74, 6) is 0.632. The van der Waals surface area contributed by atoms with Crippen molar-refractivity contribution in [2.75, 3.05) is 12.4 Å². The zero-order valence-electron chi connectivity index (χ0n) is 8.57. The highest BCUT2D eigenvalue weighted by Crippen LogP contribution is 2.16. The maximum atomic E-state index is 4.38. The highest BCUT2D eigenvalue weighted by atomic mass is 15.3. The minimum atomic E-state index is 0.632.